The predicted molar refractivity (Wildman–Crippen MR) is 82.7 cm³/mol. The summed E-state index contributed by atoms with van der Waals surface area (Å²) < 4.78 is 5.81. The molecule has 0 aromatic carbocycles. The van der Waals surface area contributed by atoms with Crippen molar-refractivity contribution in [3.8, 4) is 0 Å². The number of carbonyl (C=O) groups is 1. The zero-order chi connectivity index (χ0) is 15.4. The minimum atomic E-state index is -0.253. The Morgan fingerprint density at radius 1 is 1.48 bits per heavy atom. The molecule has 0 amide bonds. The Balaban J connectivity index is 2.08. The van der Waals surface area contributed by atoms with Gasteiger partial charge in [-0.1, -0.05) is 27.2 Å². The van der Waals surface area contributed by atoms with Crippen LogP contribution in [0, 0.1) is 17.8 Å². The molecule has 116 valence electrons. The summed E-state index contributed by atoms with van der Waals surface area (Å²) in [6.07, 6.45) is 4.96. The number of hydrogen-bond donors (Lipinski definition) is 1. The first-order valence-electron chi connectivity index (χ1n) is 7.87. The van der Waals surface area contributed by atoms with Gasteiger partial charge in [-0.3, -0.25) is 4.98 Å². The second kappa shape index (κ2) is 7.03. The lowest BCUT2D eigenvalue weighted by atomic mass is 9.75. The van der Waals surface area contributed by atoms with Gasteiger partial charge in [0.1, 0.15) is 6.10 Å². The lowest BCUT2D eigenvalue weighted by molar-refractivity contribution is -0.0174. The fraction of sp³-hybridized carbons (Fsp3) is 0.647. The second-order valence-electron chi connectivity index (χ2n) is 6.51. The molecule has 1 aliphatic carbocycles. The summed E-state index contributed by atoms with van der Waals surface area (Å²) in [5.41, 5.74) is 6.83. The van der Waals surface area contributed by atoms with Crippen LogP contribution in [0.1, 0.15) is 56.1 Å². The van der Waals surface area contributed by atoms with Crippen molar-refractivity contribution in [2.45, 2.75) is 52.7 Å². The van der Waals surface area contributed by atoms with Crippen molar-refractivity contribution in [3.05, 3.63) is 29.6 Å². The Labute approximate surface area is 127 Å². The normalized spacial score (nSPS) is 25.9. The lowest BCUT2D eigenvalue weighted by Gasteiger charge is -2.36. The Kier molecular flexibility index (Phi) is 5.34. The monoisotopic (exact) mass is 290 g/mol. The number of aromatic nitrogens is 1. The summed E-state index contributed by atoms with van der Waals surface area (Å²) in [6, 6.07) is 3.41. The van der Waals surface area contributed by atoms with Crippen molar-refractivity contribution in [1.82, 2.24) is 4.98 Å². The Morgan fingerprint density at radius 3 is 2.90 bits per heavy atom. The highest BCUT2D eigenvalue weighted by Crippen LogP contribution is 2.35. The van der Waals surface area contributed by atoms with E-state index in [2.05, 4.69) is 25.8 Å². The first kappa shape index (κ1) is 16.0. The van der Waals surface area contributed by atoms with E-state index < -0.39 is 0 Å². The van der Waals surface area contributed by atoms with Crippen LogP contribution in [0.5, 0.6) is 0 Å². The highest BCUT2D eigenvalue weighted by molar-refractivity contribution is 5.89. The van der Waals surface area contributed by atoms with Crippen LogP contribution in [0.2, 0.25) is 0 Å². The van der Waals surface area contributed by atoms with E-state index in [4.69, 9.17) is 10.5 Å². The smallest absolute Gasteiger partial charge is 0.338 e. The van der Waals surface area contributed by atoms with E-state index >= 15 is 0 Å². The fourth-order valence-electron chi connectivity index (χ4n) is 3.17. The van der Waals surface area contributed by atoms with Crippen LogP contribution in [0.15, 0.2) is 18.3 Å². The van der Waals surface area contributed by atoms with Gasteiger partial charge >= 0.3 is 5.97 Å². The maximum absolute atomic E-state index is 12.4. The van der Waals surface area contributed by atoms with Gasteiger partial charge < -0.3 is 10.5 Å². The zero-order valence-electron chi connectivity index (χ0n) is 13.2. The third-order valence-electron chi connectivity index (χ3n) is 4.48. The lowest BCUT2D eigenvalue weighted by Crippen LogP contribution is -2.35. The number of rotatable bonds is 4. The van der Waals surface area contributed by atoms with E-state index in [1.54, 1.807) is 18.3 Å². The van der Waals surface area contributed by atoms with E-state index in [0.717, 1.165) is 12.8 Å². The molecular weight excluding hydrogens is 264 g/mol. The molecule has 4 heteroatoms. The molecule has 1 heterocycles. The average molecular weight is 290 g/mol. The van der Waals surface area contributed by atoms with Crippen molar-refractivity contribution in [2.24, 2.45) is 23.5 Å². The molecule has 1 aliphatic rings. The van der Waals surface area contributed by atoms with Crippen molar-refractivity contribution in [3.63, 3.8) is 0 Å². The van der Waals surface area contributed by atoms with Gasteiger partial charge in [-0.25, -0.2) is 4.79 Å². The number of nitrogens with two attached hydrogens (primary N) is 1. The highest BCUT2D eigenvalue weighted by atomic mass is 16.5. The maximum atomic E-state index is 12.4. The van der Waals surface area contributed by atoms with Gasteiger partial charge in [0.2, 0.25) is 0 Å². The maximum Gasteiger partial charge on any atom is 0.338 e. The first-order chi connectivity index (χ1) is 10.0. The SMILES string of the molecule is CC1CCC(C(C)C)C(OC(=O)c2ccnc(CN)c2)C1. The number of esters is 1. The van der Waals surface area contributed by atoms with Crippen LogP contribution in [-0.4, -0.2) is 17.1 Å². The molecule has 1 saturated carbocycles. The summed E-state index contributed by atoms with van der Waals surface area (Å²) in [5.74, 6) is 1.36. The molecule has 1 aromatic heterocycles. The summed E-state index contributed by atoms with van der Waals surface area (Å²) in [6.45, 7) is 6.98. The summed E-state index contributed by atoms with van der Waals surface area (Å²) in [5, 5.41) is 0. The Hall–Kier alpha value is -1.42. The Bertz CT molecular complexity index is 487. The van der Waals surface area contributed by atoms with Gasteiger partial charge in [0, 0.05) is 12.7 Å². The molecule has 0 saturated heterocycles. The van der Waals surface area contributed by atoms with E-state index in [0.29, 0.717) is 35.6 Å². The summed E-state index contributed by atoms with van der Waals surface area (Å²) in [4.78, 5) is 16.5. The van der Waals surface area contributed by atoms with E-state index in [1.807, 2.05) is 0 Å². The average Bonchev–Trinajstić information content (AvgIpc) is 2.47. The van der Waals surface area contributed by atoms with E-state index in [1.165, 1.54) is 6.42 Å². The quantitative estimate of drug-likeness (QED) is 0.865. The molecule has 0 spiro atoms. The molecule has 0 aliphatic heterocycles. The van der Waals surface area contributed by atoms with E-state index in [9.17, 15) is 4.79 Å². The topological polar surface area (TPSA) is 65.2 Å². The van der Waals surface area contributed by atoms with Crippen LogP contribution in [-0.2, 0) is 11.3 Å². The summed E-state index contributed by atoms with van der Waals surface area (Å²) >= 11 is 0. The summed E-state index contributed by atoms with van der Waals surface area (Å²) in [7, 11) is 0. The minimum Gasteiger partial charge on any atom is -0.458 e. The van der Waals surface area contributed by atoms with Crippen LogP contribution in [0.3, 0.4) is 0 Å². The van der Waals surface area contributed by atoms with Gasteiger partial charge in [0.05, 0.1) is 11.3 Å². The molecule has 21 heavy (non-hydrogen) atoms. The molecular formula is C17H26N2O2. The van der Waals surface area contributed by atoms with E-state index in [-0.39, 0.29) is 12.1 Å². The van der Waals surface area contributed by atoms with Crippen LogP contribution in [0.4, 0.5) is 0 Å². The molecule has 2 rings (SSSR count). The third kappa shape index (κ3) is 4.03. The van der Waals surface area contributed by atoms with Gasteiger partial charge in [0.25, 0.3) is 0 Å². The van der Waals surface area contributed by atoms with Crippen molar-refractivity contribution in [1.29, 1.82) is 0 Å². The van der Waals surface area contributed by atoms with Crippen molar-refractivity contribution < 1.29 is 9.53 Å². The number of nitrogens with zero attached hydrogens (tertiary/aromatic N) is 1. The van der Waals surface area contributed by atoms with Gasteiger partial charge in [-0.2, -0.15) is 0 Å². The predicted octanol–water partition coefficient (Wildman–Crippen LogP) is 3.16. The molecule has 0 bridgehead atoms. The molecule has 1 aromatic rings. The number of carbonyl (C=O) groups excluding carboxylic acids is 1. The number of pyridine rings is 1. The largest absolute Gasteiger partial charge is 0.458 e. The second-order valence-corrected chi connectivity index (χ2v) is 6.51. The zero-order valence-corrected chi connectivity index (χ0v) is 13.2. The van der Waals surface area contributed by atoms with Gasteiger partial charge in [-0.15, -0.1) is 0 Å². The minimum absolute atomic E-state index is 0.0238. The van der Waals surface area contributed by atoms with Crippen LogP contribution in [0.25, 0.3) is 0 Å². The Morgan fingerprint density at radius 2 is 2.24 bits per heavy atom. The molecule has 3 unspecified atom stereocenters. The third-order valence-corrected chi connectivity index (χ3v) is 4.48. The number of ether oxygens (including phenoxy) is 1. The fourth-order valence-corrected chi connectivity index (χ4v) is 3.17. The van der Waals surface area contributed by atoms with Gasteiger partial charge in [0.15, 0.2) is 0 Å². The van der Waals surface area contributed by atoms with Crippen LogP contribution >= 0.6 is 0 Å². The van der Waals surface area contributed by atoms with Crippen molar-refractivity contribution in [2.75, 3.05) is 0 Å². The standard InChI is InChI=1S/C17H26N2O2/c1-11(2)15-5-4-12(3)8-16(15)21-17(20)13-6-7-19-14(9-13)10-18/h6-7,9,11-12,15-16H,4-5,8,10,18H2,1-3H3. The number of hydrogen-bond acceptors (Lipinski definition) is 4. The van der Waals surface area contributed by atoms with Gasteiger partial charge in [-0.05, 0) is 42.7 Å². The van der Waals surface area contributed by atoms with Crippen molar-refractivity contribution >= 4 is 5.97 Å². The molecule has 2 N–H and O–H groups in total. The molecule has 1 fully saturated rings. The first-order valence-corrected chi connectivity index (χ1v) is 7.87. The van der Waals surface area contributed by atoms with Crippen LogP contribution < -0.4 is 5.73 Å². The molecule has 3 atom stereocenters. The molecule has 0 radical (unpaired) electrons. The highest BCUT2D eigenvalue weighted by Gasteiger charge is 2.33. The molecule has 4 nitrogen and oxygen atoms in total.